The van der Waals surface area contributed by atoms with Crippen molar-refractivity contribution in [3.05, 3.63) is 72.3 Å². The van der Waals surface area contributed by atoms with Crippen molar-refractivity contribution in [2.75, 3.05) is 31.1 Å². The molecule has 0 bridgehead atoms. The highest BCUT2D eigenvalue weighted by Crippen LogP contribution is 2.27. The first-order valence-electron chi connectivity index (χ1n) is 11.7. The van der Waals surface area contributed by atoms with Gasteiger partial charge in [-0.05, 0) is 11.6 Å². The molecule has 3 aromatic heterocycles. The van der Waals surface area contributed by atoms with Crippen molar-refractivity contribution < 1.29 is 18.0 Å². The highest BCUT2D eigenvalue weighted by Gasteiger charge is 2.25. The van der Waals surface area contributed by atoms with E-state index in [1.54, 1.807) is 21.7 Å². The van der Waals surface area contributed by atoms with Crippen molar-refractivity contribution in [2.24, 2.45) is 7.05 Å². The number of anilines is 1. The number of amides is 1. The predicted molar refractivity (Wildman–Crippen MR) is 133 cm³/mol. The molecule has 5 rings (SSSR count). The third kappa shape index (κ3) is 4.96. The number of pyridine rings is 1. The summed E-state index contributed by atoms with van der Waals surface area (Å²) in [7, 11) is 1.80. The van der Waals surface area contributed by atoms with Crippen molar-refractivity contribution in [1.82, 2.24) is 24.3 Å². The molecule has 8 nitrogen and oxygen atoms in total. The Balaban J connectivity index is 1.15. The molecule has 11 heteroatoms. The lowest BCUT2D eigenvalue weighted by Crippen LogP contribution is -2.49. The first-order valence-corrected chi connectivity index (χ1v) is 12.7. The highest BCUT2D eigenvalue weighted by atomic mass is 28.2. The molecular formula is C25H26F2N6O2Si. The normalized spacial score (nSPS) is 15.0. The van der Waals surface area contributed by atoms with Crippen LogP contribution in [0.5, 0.6) is 0 Å². The van der Waals surface area contributed by atoms with Gasteiger partial charge in [-0.2, -0.15) is 10.2 Å². The Morgan fingerprint density at radius 2 is 1.67 bits per heavy atom. The molecule has 1 aliphatic rings. The average Bonchev–Trinajstić information content (AvgIpc) is 3.53. The number of carbonyl (C=O) groups is 1. The van der Waals surface area contributed by atoms with E-state index in [9.17, 15) is 13.6 Å². The van der Waals surface area contributed by atoms with Crippen LogP contribution in [0.25, 0.3) is 16.6 Å². The maximum Gasteiger partial charge on any atom is 0.396 e. The topological polar surface area (TPSA) is 67.9 Å². The fraction of sp³-hybridized carbons (Fsp3) is 0.320. The van der Waals surface area contributed by atoms with Gasteiger partial charge in [0.25, 0.3) is 6.43 Å². The number of halogens is 2. The smallest absolute Gasteiger partial charge is 0.396 e. The summed E-state index contributed by atoms with van der Waals surface area (Å²) in [4.78, 5) is 16.6. The zero-order valence-electron chi connectivity index (χ0n) is 20.0. The molecule has 1 amide bonds. The Bertz CT molecular complexity index is 1350. The Labute approximate surface area is 210 Å². The van der Waals surface area contributed by atoms with Crippen molar-refractivity contribution in [3.63, 3.8) is 0 Å². The molecule has 0 spiro atoms. The van der Waals surface area contributed by atoms with Gasteiger partial charge in [-0.1, -0.05) is 37.3 Å². The summed E-state index contributed by atoms with van der Waals surface area (Å²) < 4.78 is 34.7. The fourth-order valence-electron chi connectivity index (χ4n) is 4.29. The number of hydrogen-bond acceptors (Lipinski definition) is 5. The first-order chi connectivity index (χ1) is 17.4. The number of piperazine rings is 1. The van der Waals surface area contributed by atoms with E-state index in [1.807, 2.05) is 43.3 Å². The zero-order chi connectivity index (χ0) is 25.2. The second kappa shape index (κ2) is 10.1. The van der Waals surface area contributed by atoms with E-state index in [0.29, 0.717) is 26.2 Å². The van der Waals surface area contributed by atoms with Crippen molar-refractivity contribution in [2.45, 2.75) is 18.9 Å². The minimum Gasteiger partial charge on any atom is -0.500 e. The molecular weight excluding hydrogens is 482 g/mol. The molecule has 1 aromatic carbocycles. The van der Waals surface area contributed by atoms with Gasteiger partial charge in [0.15, 0.2) is 0 Å². The standard InChI is InChI=1S/C25H26F2N6O2Si/c1-17(18-3-5-19(6-4-18)24(26)27)36-35-25(34)32-11-9-31(10-12-32)23-14-29-33-16-20(7-8-22(23)33)21-13-28-30(2)15-21/h3-8,13-17,24H,9-12H2,1-2H3/t17-/m0/s1. The highest BCUT2D eigenvalue weighted by molar-refractivity contribution is 6.32. The second-order valence-corrected chi connectivity index (χ2v) is 10.1. The van der Waals surface area contributed by atoms with Crippen LogP contribution in [0.4, 0.5) is 19.3 Å². The van der Waals surface area contributed by atoms with Gasteiger partial charge in [-0.15, -0.1) is 0 Å². The lowest BCUT2D eigenvalue weighted by atomic mass is 10.1. The van der Waals surface area contributed by atoms with Crippen LogP contribution in [-0.2, 0) is 11.5 Å². The van der Waals surface area contributed by atoms with Gasteiger partial charge in [-0.25, -0.2) is 18.1 Å². The molecule has 0 unspecified atom stereocenters. The number of carbonyl (C=O) groups excluding carboxylic acids is 1. The van der Waals surface area contributed by atoms with Crippen molar-refractivity contribution >= 4 is 27.1 Å². The van der Waals surface area contributed by atoms with Gasteiger partial charge in [0, 0.05) is 67.9 Å². The molecule has 0 N–H and O–H groups in total. The molecule has 1 fully saturated rings. The van der Waals surface area contributed by atoms with Gasteiger partial charge in [0.2, 0.25) is 0 Å². The zero-order valence-corrected chi connectivity index (χ0v) is 21.0. The molecule has 1 atom stereocenters. The third-order valence-electron chi connectivity index (χ3n) is 6.42. The van der Waals surface area contributed by atoms with E-state index in [4.69, 9.17) is 4.43 Å². The summed E-state index contributed by atoms with van der Waals surface area (Å²) in [5, 5.41) is 8.77. The number of benzene rings is 1. The molecule has 4 aromatic rings. The summed E-state index contributed by atoms with van der Waals surface area (Å²) >= 11 is 0. The summed E-state index contributed by atoms with van der Waals surface area (Å²) in [6.45, 7) is 4.37. The van der Waals surface area contributed by atoms with Gasteiger partial charge in [-0.3, -0.25) is 4.68 Å². The van der Waals surface area contributed by atoms with Crippen LogP contribution in [0, 0.1) is 0 Å². The number of fused-ring (bicyclic) bond motifs is 1. The van der Waals surface area contributed by atoms with Crippen LogP contribution in [-0.4, -0.2) is 66.3 Å². The molecule has 2 radical (unpaired) electrons. The van der Waals surface area contributed by atoms with Crippen LogP contribution in [0.2, 0.25) is 0 Å². The molecule has 4 heterocycles. The van der Waals surface area contributed by atoms with Gasteiger partial charge >= 0.3 is 15.9 Å². The monoisotopic (exact) mass is 508 g/mol. The molecule has 1 saturated heterocycles. The van der Waals surface area contributed by atoms with Gasteiger partial charge in [0.1, 0.15) is 0 Å². The summed E-state index contributed by atoms with van der Waals surface area (Å²) in [6.07, 6.45) is 4.82. The number of rotatable bonds is 6. The van der Waals surface area contributed by atoms with Gasteiger partial charge < -0.3 is 14.2 Å². The molecule has 36 heavy (non-hydrogen) atoms. The van der Waals surface area contributed by atoms with E-state index in [-0.39, 0.29) is 27.0 Å². The van der Waals surface area contributed by atoms with E-state index < -0.39 is 6.43 Å². The van der Waals surface area contributed by atoms with Crippen LogP contribution in [0.3, 0.4) is 0 Å². The van der Waals surface area contributed by atoms with Gasteiger partial charge in [0.05, 0.1) is 23.6 Å². The van der Waals surface area contributed by atoms with Crippen LogP contribution < -0.4 is 4.90 Å². The molecule has 186 valence electrons. The van der Waals surface area contributed by atoms with E-state index >= 15 is 0 Å². The summed E-state index contributed by atoms with van der Waals surface area (Å²) in [6, 6.07) is 10.3. The van der Waals surface area contributed by atoms with Crippen molar-refractivity contribution in [1.29, 1.82) is 0 Å². The average molecular weight is 509 g/mol. The quantitative estimate of drug-likeness (QED) is 0.363. The van der Waals surface area contributed by atoms with E-state index in [1.165, 1.54) is 12.1 Å². The Morgan fingerprint density at radius 3 is 2.33 bits per heavy atom. The number of aryl methyl sites for hydroxylation is 1. The minimum atomic E-state index is -2.49. The van der Waals surface area contributed by atoms with Crippen LogP contribution in [0.15, 0.2) is 61.2 Å². The van der Waals surface area contributed by atoms with E-state index in [2.05, 4.69) is 27.2 Å². The molecule has 0 saturated carbocycles. The minimum absolute atomic E-state index is 0.00992. The number of alkyl halides is 2. The van der Waals surface area contributed by atoms with E-state index in [0.717, 1.165) is 27.9 Å². The third-order valence-corrected chi connectivity index (χ3v) is 7.40. The molecule has 1 aliphatic heterocycles. The largest absolute Gasteiger partial charge is 0.500 e. The maximum absolute atomic E-state index is 12.8. The van der Waals surface area contributed by atoms with Crippen LogP contribution in [0.1, 0.15) is 30.0 Å². The van der Waals surface area contributed by atoms with Crippen molar-refractivity contribution in [3.8, 4) is 11.1 Å². The van der Waals surface area contributed by atoms with Crippen LogP contribution >= 0.6 is 0 Å². The first kappa shape index (κ1) is 24.0. The summed E-state index contributed by atoms with van der Waals surface area (Å²) in [5.41, 5.74) is 4.91. The number of aromatic nitrogens is 4. The SMILES string of the molecule is C[C@H]([Si]OC(=O)N1CCN(c2cnn3cc(-c4cnn(C)c4)ccc23)CC1)c1ccc(C(F)F)cc1. The maximum atomic E-state index is 12.8. The molecule has 0 aliphatic carbocycles. The summed E-state index contributed by atoms with van der Waals surface area (Å²) in [5.74, 6) is 0. The fourth-order valence-corrected chi connectivity index (χ4v) is 5.02. The predicted octanol–water partition coefficient (Wildman–Crippen LogP) is 4.31. The number of nitrogens with zero attached hydrogens (tertiary/aromatic N) is 6. The Morgan fingerprint density at radius 1 is 0.944 bits per heavy atom. The number of hydrogen-bond donors (Lipinski definition) is 0. The Kier molecular flexibility index (Phi) is 6.73. The lowest BCUT2D eigenvalue weighted by molar-refractivity contribution is 0.150. The lowest BCUT2D eigenvalue weighted by Gasteiger charge is -2.35. The Hall–Kier alpha value is -3.73. The second-order valence-electron chi connectivity index (χ2n) is 8.83.